The molecule has 3 aliphatic rings. The molecule has 2 aliphatic heterocycles. The Hall–Kier alpha value is -2.44. The van der Waals surface area contributed by atoms with Gasteiger partial charge in [-0.05, 0) is 43.4 Å². The highest BCUT2D eigenvalue weighted by Crippen LogP contribution is 2.35. The van der Waals surface area contributed by atoms with E-state index in [0.717, 1.165) is 50.6 Å². The van der Waals surface area contributed by atoms with Crippen molar-refractivity contribution >= 4 is 17.5 Å². The number of amides is 2. The van der Waals surface area contributed by atoms with Crippen molar-refractivity contribution in [2.24, 2.45) is 11.1 Å². The lowest BCUT2D eigenvalue weighted by atomic mass is 9.85. The van der Waals surface area contributed by atoms with Crippen LogP contribution in [0.5, 0.6) is 0 Å². The quantitative estimate of drug-likeness (QED) is 0.864. The Morgan fingerprint density at radius 2 is 1.96 bits per heavy atom. The second kappa shape index (κ2) is 8.29. The molecule has 3 heterocycles. The van der Waals surface area contributed by atoms with E-state index in [1.165, 1.54) is 6.42 Å². The maximum absolute atomic E-state index is 12.9. The Morgan fingerprint density at radius 1 is 1.18 bits per heavy atom. The number of hydrogen-bond donors (Lipinski definition) is 1. The highest BCUT2D eigenvalue weighted by molar-refractivity contribution is 6.39. The number of carbonyl (C=O) groups excluding carboxylic acids is 2. The van der Waals surface area contributed by atoms with Crippen LogP contribution in [-0.4, -0.2) is 46.1 Å². The van der Waals surface area contributed by atoms with E-state index >= 15 is 0 Å². The molecular formula is C21H28N4O3. The van der Waals surface area contributed by atoms with Crippen LogP contribution in [0.4, 0.5) is 0 Å². The van der Waals surface area contributed by atoms with E-state index in [1.807, 2.05) is 17.0 Å². The number of oxime groups is 1. The zero-order chi connectivity index (χ0) is 19.4. The van der Waals surface area contributed by atoms with Crippen molar-refractivity contribution in [2.75, 3.05) is 13.1 Å². The predicted octanol–water partition coefficient (Wildman–Crippen LogP) is 2.42. The first-order valence-corrected chi connectivity index (χ1v) is 10.4. The van der Waals surface area contributed by atoms with Gasteiger partial charge in [-0.1, -0.05) is 24.4 Å². The van der Waals surface area contributed by atoms with E-state index < -0.39 is 5.60 Å². The summed E-state index contributed by atoms with van der Waals surface area (Å²) < 4.78 is 0. The number of hydrogen-bond acceptors (Lipinski definition) is 5. The van der Waals surface area contributed by atoms with Crippen molar-refractivity contribution < 1.29 is 14.4 Å². The van der Waals surface area contributed by atoms with E-state index in [-0.39, 0.29) is 17.7 Å². The molecule has 1 aliphatic carbocycles. The van der Waals surface area contributed by atoms with Gasteiger partial charge in [-0.2, -0.15) is 0 Å². The maximum atomic E-state index is 12.9. The van der Waals surface area contributed by atoms with Crippen LogP contribution in [0.3, 0.4) is 0 Å². The molecule has 2 fully saturated rings. The third-order valence-electron chi connectivity index (χ3n) is 6.11. The first-order valence-electron chi connectivity index (χ1n) is 10.4. The smallest absolute Gasteiger partial charge is 0.269 e. The van der Waals surface area contributed by atoms with E-state index in [9.17, 15) is 9.59 Å². The van der Waals surface area contributed by atoms with Crippen molar-refractivity contribution in [3.8, 4) is 0 Å². The molecule has 1 saturated heterocycles. The molecule has 1 saturated carbocycles. The Kier molecular flexibility index (Phi) is 5.59. The molecule has 1 aromatic rings. The molecule has 4 rings (SSSR count). The van der Waals surface area contributed by atoms with Gasteiger partial charge < -0.3 is 15.1 Å². The zero-order valence-electron chi connectivity index (χ0n) is 16.2. The average molecular weight is 384 g/mol. The first-order chi connectivity index (χ1) is 13.7. The standard InChI is InChI=1S/C21H28N4O3/c26-19(23-14-16-7-10-22-11-8-16)18-13-21(28-24-18)9-4-12-25(15-21)20(27)17-5-2-1-3-6-17/h7-8,10-11,17H,1-6,9,12-15H2,(H,23,26). The number of likely N-dealkylation sites (tertiary alicyclic amines) is 1. The minimum atomic E-state index is -0.536. The SMILES string of the molecule is O=C(NCc1ccncc1)C1=NOC2(CCCN(C(=O)C3CCCCC3)C2)C1. The van der Waals surface area contributed by atoms with Crippen LogP contribution < -0.4 is 5.32 Å². The summed E-state index contributed by atoms with van der Waals surface area (Å²) in [6.07, 6.45) is 11.1. The Balaban J connectivity index is 1.32. The molecule has 0 aromatic carbocycles. The second-order valence-corrected chi connectivity index (χ2v) is 8.23. The topological polar surface area (TPSA) is 83.9 Å². The van der Waals surface area contributed by atoms with Crippen LogP contribution in [0.25, 0.3) is 0 Å². The number of piperidine rings is 1. The molecular weight excluding hydrogens is 356 g/mol. The summed E-state index contributed by atoms with van der Waals surface area (Å²) in [6, 6.07) is 3.73. The van der Waals surface area contributed by atoms with Gasteiger partial charge in [0.05, 0.1) is 6.54 Å². The van der Waals surface area contributed by atoms with Crippen LogP contribution in [0.1, 0.15) is 56.9 Å². The van der Waals surface area contributed by atoms with E-state index in [4.69, 9.17) is 4.84 Å². The molecule has 1 N–H and O–H groups in total. The molecule has 150 valence electrons. The minimum absolute atomic E-state index is 0.161. The Morgan fingerprint density at radius 3 is 2.75 bits per heavy atom. The maximum Gasteiger partial charge on any atom is 0.269 e. The Labute approximate surface area is 165 Å². The third-order valence-corrected chi connectivity index (χ3v) is 6.11. The molecule has 2 amide bonds. The fourth-order valence-electron chi connectivity index (χ4n) is 4.54. The van der Waals surface area contributed by atoms with Crippen LogP contribution in [0.15, 0.2) is 29.7 Å². The summed E-state index contributed by atoms with van der Waals surface area (Å²) in [5, 5.41) is 6.98. The van der Waals surface area contributed by atoms with Gasteiger partial charge in [-0.25, -0.2) is 0 Å². The largest absolute Gasteiger partial charge is 0.386 e. The third kappa shape index (κ3) is 4.18. The molecule has 0 radical (unpaired) electrons. The minimum Gasteiger partial charge on any atom is -0.386 e. The molecule has 0 bridgehead atoms. The predicted molar refractivity (Wildman–Crippen MR) is 104 cm³/mol. The summed E-state index contributed by atoms with van der Waals surface area (Å²) in [7, 11) is 0. The highest BCUT2D eigenvalue weighted by Gasteiger charge is 2.46. The van der Waals surface area contributed by atoms with Gasteiger partial charge in [-0.3, -0.25) is 14.6 Å². The van der Waals surface area contributed by atoms with Crippen molar-refractivity contribution in [3.05, 3.63) is 30.1 Å². The van der Waals surface area contributed by atoms with Crippen molar-refractivity contribution in [1.82, 2.24) is 15.2 Å². The van der Waals surface area contributed by atoms with Gasteiger partial charge in [0.15, 0.2) is 5.60 Å². The van der Waals surface area contributed by atoms with Gasteiger partial charge in [0, 0.05) is 37.8 Å². The summed E-state index contributed by atoms with van der Waals surface area (Å²) in [5.74, 6) is 0.219. The van der Waals surface area contributed by atoms with Crippen molar-refractivity contribution in [3.63, 3.8) is 0 Å². The second-order valence-electron chi connectivity index (χ2n) is 8.23. The number of aromatic nitrogens is 1. The first kappa shape index (κ1) is 18.9. The molecule has 7 nitrogen and oxygen atoms in total. The molecule has 1 atom stereocenters. The lowest BCUT2D eigenvalue weighted by Crippen LogP contribution is -2.52. The number of rotatable bonds is 4. The van der Waals surface area contributed by atoms with Crippen LogP contribution in [0, 0.1) is 5.92 Å². The number of carbonyl (C=O) groups is 2. The van der Waals surface area contributed by atoms with Gasteiger partial charge in [-0.15, -0.1) is 0 Å². The molecule has 28 heavy (non-hydrogen) atoms. The monoisotopic (exact) mass is 384 g/mol. The van der Waals surface area contributed by atoms with E-state index in [2.05, 4.69) is 15.5 Å². The van der Waals surface area contributed by atoms with E-state index in [0.29, 0.717) is 25.2 Å². The fraction of sp³-hybridized carbons (Fsp3) is 0.619. The molecule has 1 aromatic heterocycles. The molecule has 1 spiro atoms. The van der Waals surface area contributed by atoms with Crippen LogP contribution in [0.2, 0.25) is 0 Å². The van der Waals surface area contributed by atoms with E-state index in [1.54, 1.807) is 12.4 Å². The Bertz CT molecular complexity index is 745. The summed E-state index contributed by atoms with van der Waals surface area (Å²) in [5.41, 5.74) is 0.867. The lowest BCUT2D eigenvalue weighted by molar-refractivity contribution is -0.145. The van der Waals surface area contributed by atoms with Gasteiger partial charge in [0.2, 0.25) is 5.91 Å². The van der Waals surface area contributed by atoms with Gasteiger partial charge in [0.1, 0.15) is 5.71 Å². The summed E-state index contributed by atoms with van der Waals surface area (Å²) >= 11 is 0. The van der Waals surface area contributed by atoms with Crippen LogP contribution in [-0.2, 0) is 21.0 Å². The van der Waals surface area contributed by atoms with Gasteiger partial charge >= 0.3 is 0 Å². The highest BCUT2D eigenvalue weighted by atomic mass is 16.7. The lowest BCUT2D eigenvalue weighted by Gasteiger charge is -2.40. The molecule has 7 heteroatoms. The normalized spacial score (nSPS) is 25.3. The van der Waals surface area contributed by atoms with Crippen LogP contribution >= 0.6 is 0 Å². The number of pyridine rings is 1. The zero-order valence-corrected chi connectivity index (χ0v) is 16.2. The molecule has 1 unspecified atom stereocenters. The summed E-state index contributed by atoms with van der Waals surface area (Å²) in [4.78, 5) is 37.1. The van der Waals surface area contributed by atoms with Gasteiger partial charge in [0.25, 0.3) is 5.91 Å². The fourth-order valence-corrected chi connectivity index (χ4v) is 4.54. The number of nitrogens with one attached hydrogen (secondary N) is 1. The average Bonchev–Trinajstić information content (AvgIpc) is 3.16. The number of nitrogens with zero attached hydrogens (tertiary/aromatic N) is 3. The van der Waals surface area contributed by atoms with Crippen molar-refractivity contribution in [2.45, 2.75) is 63.5 Å². The van der Waals surface area contributed by atoms with Crippen molar-refractivity contribution in [1.29, 1.82) is 0 Å². The summed E-state index contributed by atoms with van der Waals surface area (Å²) in [6.45, 7) is 1.75.